The Morgan fingerprint density at radius 1 is 1.79 bits per heavy atom. The van der Waals surface area contributed by atoms with Crippen molar-refractivity contribution in [3.63, 3.8) is 0 Å². The Morgan fingerprint density at radius 2 is 2.43 bits per heavy atom. The fourth-order valence-electron chi connectivity index (χ4n) is 0.915. The number of aromatic nitrogens is 2. The highest BCUT2D eigenvalue weighted by Gasteiger charge is 2.21. The van der Waals surface area contributed by atoms with Gasteiger partial charge in [0, 0.05) is 5.33 Å². The van der Waals surface area contributed by atoms with Gasteiger partial charge < -0.3 is 15.2 Å². The highest BCUT2D eigenvalue weighted by atomic mass is 79.9. The Morgan fingerprint density at radius 3 is 2.86 bits per heavy atom. The Hall–Kier alpha value is -1.44. The number of rotatable bonds is 4. The van der Waals surface area contributed by atoms with E-state index in [1.54, 1.807) is 0 Å². The molecule has 0 fully saturated rings. The van der Waals surface area contributed by atoms with Crippen molar-refractivity contribution in [1.29, 1.82) is 0 Å². The number of hydrogen-bond acceptors (Lipinski definition) is 4. The molecule has 7 nitrogen and oxygen atoms in total. The lowest BCUT2D eigenvalue weighted by Crippen LogP contribution is -2.10. The van der Waals surface area contributed by atoms with Crippen molar-refractivity contribution in [3.05, 3.63) is 21.9 Å². The van der Waals surface area contributed by atoms with Crippen molar-refractivity contribution in [2.24, 2.45) is 0 Å². The SMILES string of the molecule is O=C(O)c1cc([N+](=O)[O-])nn1CCBr. The molecule has 8 heteroatoms. The molecule has 0 spiro atoms. The lowest BCUT2D eigenvalue weighted by atomic mass is 10.4. The third-order valence-electron chi connectivity index (χ3n) is 1.47. The summed E-state index contributed by atoms with van der Waals surface area (Å²) in [6, 6.07) is 0.936. The number of carboxylic acids is 1. The molecule has 1 heterocycles. The molecule has 0 saturated carbocycles. The molecule has 0 amide bonds. The summed E-state index contributed by atoms with van der Waals surface area (Å²) in [7, 11) is 0. The van der Waals surface area contributed by atoms with Gasteiger partial charge in [-0.1, -0.05) is 15.9 Å². The van der Waals surface area contributed by atoms with Crippen molar-refractivity contribution in [1.82, 2.24) is 9.78 Å². The number of nitro groups is 1. The first-order valence-electron chi connectivity index (χ1n) is 3.57. The van der Waals surface area contributed by atoms with Crippen LogP contribution in [0.25, 0.3) is 0 Å². The molecule has 14 heavy (non-hydrogen) atoms. The average molecular weight is 264 g/mol. The number of aromatic carboxylic acids is 1. The maximum Gasteiger partial charge on any atom is 0.390 e. The van der Waals surface area contributed by atoms with Crippen molar-refractivity contribution in [2.75, 3.05) is 5.33 Å². The lowest BCUT2D eigenvalue weighted by molar-refractivity contribution is -0.389. The second kappa shape index (κ2) is 4.18. The molecule has 1 aromatic rings. The highest BCUT2D eigenvalue weighted by molar-refractivity contribution is 9.09. The fourth-order valence-corrected chi connectivity index (χ4v) is 1.25. The van der Waals surface area contributed by atoms with Gasteiger partial charge in [0.15, 0.2) is 5.69 Å². The number of carboxylic acid groups (broad SMARTS) is 1. The van der Waals surface area contributed by atoms with Crippen LogP contribution in [0.5, 0.6) is 0 Å². The zero-order chi connectivity index (χ0) is 10.7. The van der Waals surface area contributed by atoms with Crippen molar-refractivity contribution in [3.8, 4) is 0 Å². The minimum Gasteiger partial charge on any atom is -0.476 e. The monoisotopic (exact) mass is 263 g/mol. The van der Waals surface area contributed by atoms with Gasteiger partial charge in [0.1, 0.15) is 0 Å². The third-order valence-corrected chi connectivity index (χ3v) is 1.82. The molecule has 0 aliphatic heterocycles. The maximum atomic E-state index is 10.6. The molecule has 0 radical (unpaired) electrons. The first-order valence-corrected chi connectivity index (χ1v) is 4.70. The molecule has 0 bridgehead atoms. The zero-order valence-electron chi connectivity index (χ0n) is 6.88. The van der Waals surface area contributed by atoms with Gasteiger partial charge in [0.05, 0.1) is 17.7 Å². The first kappa shape index (κ1) is 10.6. The van der Waals surface area contributed by atoms with Gasteiger partial charge in [-0.15, -0.1) is 0 Å². The standard InChI is InChI=1S/C6H6BrN3O4/c7-1-2-9-4(6(11)12)3-5(8-9)10(13)14/h3H,1-2H2,(H,11,12). The molecule has 1 aromatic heterocycles. The second-order valence-electron chi connectivity index (χ2n) is 2.36. The molecule has 0 aliphatic rings. The molecule has 0 aromatic carbocycles. The number of hydrogen-bond donors (Lipinski definition) is 1. The number of aryl methyl sites for hydroxylation is 1. The van der Waals surface area contributed by atoms with Crippen LogP contribution in [0.2, 0.25) is 0 Å². The Kier molecular flexibility index (Phi) is 3.18. The summed E-state index contributed by atoms with van der Waals surface area (Å²) in [6.45, 7) is 0.273. The van der Waals surface area contributed by atoms with E-state index in [-0.39, 0.29) is 12.2 Å². The second-order valence-corrected chi connectivity index (χ2v) is 3.16. The summed E-state index contributed by atoms with van der Waals surface area (Å²) >= 11 is 3.09. The number of carbonyl (C=O) groups is 1. The fraction of sp³-hybridized carbons (Fsp3) is 0.333. The predicted octanol–water partition coefficient (Wildman–Crippen LogP) is 0.884. The van der Waals surface area contributed by atoms with Gasteiger partial charge in [0.25, 0.3) is 0 Å². The zero-order valence-corrected chi connectivity index (χ0v) is 8.47. The number of nitrogens with zero attached hydrogens (tertiary/aromatic N) is 3. The normalized spacial score (nSPS) is 10.1. The van der Waals surface area contributed by atoms with Crippen LogP contribution in [0.3, 0.4) is 0 Å². The van der Waals surface area contributed by atoms with E-state index >= 15 is 0 Å². The molecule has 1 rings (SSSR count). The van der Waals surface area contributed by atoms with E-state index in [4.69, 9.17) is 5.11 Å². The van der Waals surface area contributed by atoms with E-state index in [1.165, 1.54) is 0 Å². The molecular formula is C6H6BrN3O4. The van der Waals surface area contributed by atoms with Gasteiger partial charge in [-0.3, -0.25) is 0 Å². The van der Waals surface area contributed by atoms with Crippen LogP contribution in [-0.4, -0.2) is 31.1 Å². The molecule has 1 N–H and O–H groups in total. The number of alkyl halides is 1. The highest BCUT2D eigenvalue weighted by Crippen LogP contribution is 2.12. The number of halogens is 1. The van der Waals surface area contributed by atoms with Crippen LogP contribution in [-0.2, 0) is 6.54 Å². The quantitative estimate of drug-likeness (QED) is 0.494. The van der Waals surface area contributed by atoms with Gasteiger partial charge >= 0.3 is 11.8 Å². The summed E-state index contributed by atoms with van der Waals surface area (Å²) in [5, 5.41) is 23.0. The largest absolute Gasteiger partial charge is 0.476 e. The molecule has 0 saturated heterocycles. The van der Waals surface area contributed by atoms with Crippen LogP contribution in [0, 0.1) is 10.1 Å². The average Bonchev–Trinajstić information content (AvgIpc) is 2.49. The van der Waals surface area contributed by atoms with Gasteiger partial charge in [-0.05, 0) is 4.92 Å². The van der Waals surface area contributed by atoms with Crippen molar-refractivity contribution >= 4 is 27.7 Å². The van der Waals surface area contributed by atoms with Crippen LogP contribution in [0.1, 0.15) is 10.5 Å². The summed E-state index contributed by atoms with van der Waals surface area (Å²) in [5.74, 6) is -1.69. The predicted molar refractivity (Wildman–Crippen MR) is 49.6 cm³/mol. The Bertz CT molecular complexity index is 375. The van der Waals surface area contributed by atoms with Crippen molar-refractivity contribution < 1.29 is 14.8 Å². The Labute approximate surface area is 86.6 Å². The molecule has 0 unspecified atom stereocenters. The summed E-state index contributed by atoms with van der Waals surface area (Å²) in [6.07, 6.45) is 0. The van der Waals surface area contributed by atoms with E-state index in [9.17, 15) is 14.9 Å². The first-order chi connectivity index (χ1) is 6.56. The van der Waals surface area contributed by atoms with Gasteiger partial charge in [-0.2, -0.15) is 4.68 Å². The lowest BCUT2D eigenvalue weighted by Gasteiger charge is -1.93. The minimum atomic E-state index is -1.23. The van der Waals surface area contributed by atoms with E-state index in [2.05, 4.69) is 21.0 Å². The van der Waals surface area contributed by atoms with Gasteiger partial charge in [-0.25, -0.2) is 4.79 Å². The van der Waals surface area contributed by atoms with Crippen LogP contribution in [0.15, 0.2) is 6.07 Å². The smallest absolute Gasteiger partial charge is 0.390 e. The third kappa shape index (κ3) is 2.08. The van der Waals surface area contributed by atoms with E-state index in [1.807, 2.05) is 0 Å². The minimum absolute atomic E-state index is 0.184. The summed E-state index contributed by atoms with van der Waals surface area (Å²) in [5.41, 5.74) is -0.184. The van der Waals surface area contributed by atoms with Crippen LogP contribution >= 0.6 is 15.9 Å². The summed E-state index contributed by atoms with van der Waals surface area (Å²) in [4.78, 5) is 20.2. The van der Waals surface area contributed by atoms with Crippen molar-refractivity contribution in [2.45, 2.75) is 6.54 Å². The molecular weight excluding hydrogens is 258 g/mol. The summed E-state index contributed by atoms with van der Waals surface area (Å²) < 4.78 is 1.08. The van der Waals surface area contributed by atoms with Gasteiger partial charge in [0.2, 0.25) is 0 Å². The van der Waals surface area contributed by atoms with Crippen LogP contribution in [0.4, 0.5) is 5.82 Å². The van der Waals surface area contributed by atoms with Crippen LogP contribution < -0.4 is 0 Å². The van der Waals surface area contributed by atoms with E-state index in [0.29, 0.717) is 5.33 Å². The maximum absolute atomic E-state index is 10.6. The topological polar surface area (TPSA) is 98.3 Å². The molecule has 0 atom stereocenters. The Balaban J connectivity index is 3.12. The van der Waals surface area contributed by atoms with E-state index < -0.39 is 16.7 Å². The molecule has 76 valence electrons. The molecule has 0 aliphatic carbocycles. The van der Waals surface area contributed by atoms with E-state index in [0.717, 1.165) is 10.7 Å².